The summed E-state index contributed by atoms with van der Waals surface area (Å²) < 4.78 is 46.5. The zero-order chi connectivity index (χ0) is 21.9. The lowest BCUT2D eigenvalue weighted by molar-refractivity contribution is -0.0776. The van der Waals surface area contributed by atoms with Gasteiger partial charge in [0.25, 0.3) is 15.0 Å². The lowest BCUT2D eigenvalue weighted by atomic mass is 10.1. The maximum Gasteiger partial charge on any atom is 0.268 e. The smallest absolute Gasteiger partial charge is 0.268 e. The third kappa shape index (κ3) is 6.99. The molecule has 2 rings (SSSR count). The van der Waals surface area contributed by atoms with Gasteiger partial charge in [-0.05, 0) is 41.5 Å². The molecule has 29 heavy (non-hydrogen) atoms. The topological polar surface area (TPSA) is 113 Å². The zero-order valence-corrected chi connectivity index (χ0v) is 19.0. The lowest BCUT2D eigenvalue weighted by Gasteiger charge is -2.27. The molecule has 2 aliphatic heterocycles. The average Bonchev–Trinajstić information content (AvgIpc) is 3.02. The average molecular weight is 437 g/mol. The first-order valence-corrected chi connectivity index (χ1v) is 11.9. The fourth-order valence-electron chi connectivity index (χ4n) is 3.41. The van der Waals surface area contributed by atoms with Gasteiger partial charge in [0.2, 0.25) is 0 Å². The van der Waals surface area contributed by atoms with Gasteiger partial charge in [0, 0.05) is 0 Å². The minimum absolute atomic E-state index is 0.0269. The van der Waals surface area contributed by atoms with Crippen molar-refractivity contribution < 1.29 is 42.8 Å². The van der Waals surface area contributed by atoms with Crippen LogP contribution in [0.15, 0.2) is 0 Å². The molecule has 0 bridgehead atoms. The van der Waals surface area contributed by atoms with Gasteiger partial charge in [0.05, 0.1) is 37.6 Å². The molecule has 9 nitrogen and oxygen atoms in total. The van der Waals surface area contributed by atoms with E-state index in [0.29, 0.717) is 0 Å². The van der Waals surface area contributed by atoms with Crippen LogP contribution in [0.3, 0.4) is 0 Å². The standard InChI is InChI=1S/C18H35BO9P/c1-9(2)23-7-13-18(16(21)12(6)26-13)28-29(19,22)24-8-14-17(25-10(3)4)15(20)11(5)27-14/h9-21H,7-8H2,1-6H3/t11-,12-,13+,14+,15+,16+,17?,18?,29?/m0/s1. The van der Waals surface area contributed by atoms with E-state index in [1.807, 2.05) is 27.7 Å². The van der Waals surface area contributed by atoms with E-state index in [-0.39, 0.29) is 25.4 Å². The molecule has 11 heteroatoms. The predicted molar refractivity (Wildman–Crippen MR) is 107 cm³/mol. The van der Waals surface area contributed by atoms with Crippen molar-refractivity contribution >= 4 is 15.0 Å². The van der Waals surface area contributed by atoms with Gasteiger partial charge in [0.15, 0.2) is 0 Å². The number of ether oxygens (including phenoxy) is 4. The summed E-state index contributed by atoms with van der Waals surface area (Å²) in [7, 11) is -0.253. The molecule has 0 aromatic rings. The van der Waals surface area contributed by atoms with E-state index < -0.39 is 56.3 Å². The Bertz CT molecular complexity index is 563. The summed E-state index contributed by atoms with van der Waals surface area (Å²) in [6, 6.07) is 0. The second-order valence-electron chi connectivity index (χ2n) is 8.25. The van der Waals surface area contributed by atoms with Crippen LogP contribution in [0.5, 0.6) is 0 Å². The van der Waals surface area contributed by atoms with Crippen molar-refractivity contribution in [2.45, 2.75) is 103 Å². The highest BCUT2D eigenvalue weighted by Gasteiger charge is 2.47. The second kappa shape index (κ2) is 10.5. The first kappa shape index (κ1) is 25.2. The zero-order valence-electron chi connectivity index (χ0n) is 18.1. The van der Waals surface area contributed by atoms with Crippen molar-refractivity contribution in [2.75, 3.05) is 13.2 Å². The molecule has 2 fully saturated rings. The van der Waals surface area contributed by atoms with Gasteiger partial charge in [-0.3, -0.25) is 4.57 Å². The van der Waals surface area contributed by atoms with E-state index in [9.17, 15) is 14.8 Å². The second-order valence-corrected chi connectivity index (χ2v) is 9.94. The third-order valence-electron chi connectivity index (χ3n) is 4.89. The molecule has 0 saturated carbocycles. The fourth-order valence-corrected chi connectivity index (χ4v) is 4.48. The van der Waals surface area contributed by atoms with Crippen molar-refractivity contribution in [2.24, 2.45) is 0 Å². The van der Waals surface area contributed by atoms with Gasteiger partial charge in [-0.25, -0.2) is 0 Å². The highest BCUT2D eigenvalue weighted by molar-refractivity contribution is 7.79. The van der Waals surface area contributed by atoms with Crippen molar-refractivity contribution in [1.82, 2.24) is 0 Å². The first-order chi connectivity index (χ1) is 13.4. The molecule has 0 aromatic heterocycles. The molecule has 1 radical (unpaired) electrons. The maximum absolute atomic E-state index is 12.8. The lowest BCUT2D eigenvalue weighted by Crippen LogP contribution is -2.39. The quantitative estimate of drug-likeness (QED) is 0.380. The number of aliphatic hydroxyl groups is 2. The van der Waals surface area contributed by atoms with Gasteiger partial charge < -0.3 is 38.2 Å². The summed E-state index contributed by atoms with van der Waals surface area (Å²) >= 11 is 0. The van der Waals surface area contributed by atoms with Gasteiger partial charge in [-0.1, -0.05) is 0 Å². The number of rotatable bonds is 10. The Hall–Kier alpha value is -0.0251. The van der Waals surface area contributed by atoms with Crippen LogP contribution < -0.4 is 0 Å². The SMILES string of the molecule is [BH]P(=O)(OC[C@H]1O[C@@H](C)[C@@H](O)C1OC(C)C)OC1[C@@H](COC(C)C)O[C@@H](C)[C@H]1O. The van der Waals surface area contributed by atoms with Gasteiger partial charge in [0.1, 0.15) is 36.6 Å². The highest BCUT2D eigenvalue weighted by Crippen LogP contribution is 2.47. The summed E-state index contributed by atoms with van der Waals surface area (Å²) in [6.07, 6.45) is -5.63. The molecule has 2 heterocycles. The molecule has 2 N–H and O–H groups in total. The Labute approximate surface area is 174 Å². The van der Waals surface area contributed by atoms with Crippen LogP contribution in [-0.4, -0.2) is 92.0 Å². The molecule has 0 aromatic carbocycles. The van der Waals surface area contributed by atoms with E-state index in [4.69, 9.17) is 28.0 Å². The number of aliphatic hydroxyl groups excluding tert-OH is 2. The Morgan fingerprint density at radius 1 is 0.931 bits per heavy atom. The third-order valence-corrected chi connectivity index (χ3v) is 5.99. The van der Waals surface area contributed by atoms with E-state index >= 15 is 0 Å². The molecule has 2 aliphatic rings. The summed E-state index contributed by atoms with van der Waals surface area (Å²) in [4.78, 5) is 0. The summed E-state index contributed by atoms with van der Waals surface area (Å²) in [5.74, 6) is 0. The minimum Gasteiger partial charge on any atom is -0.388 e. The van der Waals surface area contributed by atoms with Crippen molar-refractivity contribution in [1.29, 1.82) is 0 Å². The van der Waals surface area contributed by atoms with Crippen LogP contribution in [0.25, 0.3) is 0 Å². The van der Waals surface area contributed by atoms with Crippen molar-refractivity contribution in [3.05, 3.63) is 0 Å². The van der Waals surface area contributed by atoms with E-state index in [1.54, 1.807) is 13.8 Å². The molecular weight excluding hydrogens is 402 g/mol. The van der Waals surface area contributed by atoms with Crippen LogP contribution in [0.4, 0.5) is 0 Å². The van der Waals surface area contributed by atoms with Crippen LogP contribution >= 0.6 is 7.47 Å². The van der Waals surface area contributed by atoms with E-state index in [0.717, 1.165) is 0 Å². The summed E-state index contributed by atoms with van der Waals surface area (Å²) in [5.41, 5.74) is 0. The maximum atomic E-state index is 12.8. The molecule has 0 amide bonds. The summed E-state index contributed by atoms with van der Waals surface area (Å²) in [5, 5.41) is 20.6. The Kier molecular flexibility index (Phi) is 9.16. The summed E-state index contributed by atoms with van der Waals surface area (Å²) in [6.45, 7) is 11.0. The minimum atomic E-state index is -3.81. The monoisotopic (exact) mass is 437 g/mol. The molecule has 0 aliphatic carbocycles. The van der Waals surface area contributed by atoms with Gasteiger partial charge in [-0.15, -0.1) is 0 Å². The molecule has 9 atom stereocenters. The highest BCUT2D eigenvalue weighted by atomic mass is 31.2. The largest absolute Gasteiger partial charge is 0.388 e. The predicted octanol–water partition coefficient (Wildman–Crippen LogP) is 0.912. The Balaban J connectivity index is 1.96. The Morgan fingerprint density at radius 3 is 1.97 bits per heavy atom. The molecule has 3 unspecified atom stereocenters. The van der Waals surface area contributed by atoms with Crippen LogP contribution in [-0.2, 0) is 32.6 Å². The molecule has 169 valence electrons. The van der Waals surface area contributed by atoms with Crippen LogP contribution in [0.2, 0.25) is 0 Å². The fraction of sp³-hybridized carbons (Fsp3) is 1.00. The molecule has 2 saturated heterocycles. The number of hydrogen-bond donors (Lipinski definition) is 2. The first-order valence-electron chi connectivity index (χ1n) is 10.1. The van der Waals surface area contributed by atoms with Gasteiger partial charge in [-0.2, -0.15) is 0 Å². The number of hydrogen-bond acceptors (Lipinski definition) is 9. The van der Waals surface area contributed by atoms with Crippen molar-refractivity contribution in [3.63, 3.8) is 0 Å². The Morgan fingerprint density at radius 2 is 1.45 bits per heavy atom. The molecular formula is C18H35BO9P. The molecule has 0 spiro atoms. The van der Waals surface area contributed by atoms with Gasteiger partial charge >= 0.3 is 0 Å². The van der Waals surface area contributed by atoms with E-state index in [2.05, 4.69) is 7.57 Å². The van der Waals surface area contributed by atoms with Crippen molar-refractivity contribution in [3.8, 4) is 0 Å². The van der Waals surface area contributed by atoms with E-state index in [1.165, 1.54) is 0 Å². The van der Waals surface area contributed by atoms with Crippen LogP contribution in [0.1, 0.15) is 41.5 Å². The normalized spacial score (nSPS) is 40.1. The van der Waals surface area contributed by atoms with Crippen LogP contribution in [0, 0.1) is 0 Å².